The van der Waals surface area contributed by atoms with Gasteiger partial charge in [-0.1, -0.05) is 6.08 Å². The van der Waals surface area contributed by atoms with Gasteiger partial charge in [0, 0.05) is 37.1 Å². The Bertz CT molecular complexity index is 503. The van der Waals surface area contributed by atoms with Crippen LogP contribution in [0.3, 0.4) is 0 Å². The Morgan fingerprint density at radius 2 is 2.11 bits per heavy atom. The maximum absolute atomic E-state index is 5.27. The third kappa shape index (κ3) is 3.51. The molecular formula is C15H19N3O. The highest BCUT2D eigenvalue weighted by atomic mass is 16.3. The fourth-order valence-electron chi connectivity index (χ4n) is 1.83. The van der Waals surface area contributed by atoms with Crippen LogP contribution in [0.15, 0.2) is 47.9 Å². The van der Waals surface area contributed by atoms with Crippen molar-refractivity contribution in [3.05, 3.63) is 49.0 Å². The van der Waals surface area contributed by atoms with E-state index >= 15 is 0 Å². The smallest absolute Gasteiger partial charge is 0.195 e. The molecule has 0 amide bonds. The van der Waals surface area contributed by atoms with E-state index in [2.05, 4.69) is 35.3 Å². The molecule has 0 unspecified atom stereocenters. The molecule has 4 heteroatoms. The Kier molecular flexibility index (Phi) is 4.47. The lowest BCUT2D eigenvalue weighted by atomic mass is 10.2. The molecule has 0 aliphatic heterocycles. The van der Waals surface area contributed by atoms with Gasteiger partial charge >= 0.3 is 0 Å². The molecule has 0 saturated carbocycles. The van der Waals surface area contributed by atoms with Crippen LogP contribution in [0.25, 0.3) is 11.6 Å². The van der Waals surface area contributed by atoms with Crippen LogP contribution in [-0.2, 0) is 6.54 Å². The normalized spacial score (nSPS) is 11.2. The Hall–Kier alpha value is -1.94. The molecule has 2 aromatic rings. The van der Waals surface area contributed by atoms with Crippen molar-refractivity contribution < 1.29 is 4.42 Å². The summed E-state index contributed by atoms with van der Waals surface area (Å²) in [5, 5.41) is 0. The molecule has 0 N–H and O–H groups in total. The maximum Gasteiger partial charge on any atom is 0.195 e. The van der Waals surface area contributed by atoms with Crippen molar-refractivity contribution in [1.29, 1.82) is 0 Å². The summed E-state index contributed by atoms with van der Waals surface area (Å²) in [6.07, 6.45) is 7.24. The fourth-order valence-corrected chi connectivity index (χ4v) is 1.83. The monoisotopic (exact) mass is 257 g/mol. The van der Waals surface area contributed by atoms with Crippen LogP contribution < -0.4 is 0 Å². The van der Waals surface area contributed by atoms with Crippen LogP contribution in [0.5, 0.6) is 0 Å². The van der Waals surface area contributed by atoms with E-state index in [4.69, 9.17) is 4.42 Å². The predicted molar refractivity (Wildman–Crippen MR) is 75.5 cm³/mol. The van der Waals surface area contributed by atoms with Gasteiger partial charge in [-0.15, -0.1) is 6.58 Å². The van der Waals surface area contributed by atoms with Crippen molar-refractivity contribution in [2.24, 2.45) is 0 Å². The summed E-state index contributed by atoms with van der Waals surface area (Å²) < 4.78 is 5.27. The Morgan fingerprint density at radius 1 is 1.37 bits per heavy atom. The molecule has 4 nitrogen and oxygen atoms in total. The van der Waals surface area contributed by atoms with E-state index in [1.807, 2.05) is 30.6 Å². The molecule has 100 valence electrons. The molecule has 0 bridgehead atoms. The Balaban J connectivity index is 2.08. The molecule has 0 aromatic carbocycles. The van der Waals surface area contributed by atoms with Crippen molar-refractivity contribution in [3.8, 4) is 11.6 Å². The van der Waals surface area contributed by atoms with Gasteiger partial charge in [0.15, 0.2) is 11.6 Å². The first-order chi connectivity index (χ1) is 9.20. The van der Waals surface area contributed by atoms with Gasteiger partial charge in [0.05, 0.1) is 6.26 Å². The second-order valence-corrected chi connectivity index (χ2v) is 4.70. The molecule has 2 aromatic heterocycles. The zero-order valence-electron chi connectivity index (χ0n) is 11.4. The number of furan rings is 1. The van der Waals surface area contributed by atoms with E-state index < -0.39 is 0 Å². The average Bonchev–Trinajstić information content (AvgIpc) is 2.93. The maximum atomic E-state index is 5.27. The molecule has 0 atom stereocenters. The summed E-state index contributed by atoms with van der Waals surface area (Å²) in [5.41, 5.74) is 1.09. The molecule has 0 aliphatic carbocycles. The van der Waals surface area contributed by atoms with Crippen molar-refractivity contribution in [3.63, 3.8) is 0 Å². The summed E-state index contributed by atoms with van der Waals surface area (Å²) in [6, 6.07) is 4.15. The quantitative estimate of drug-likeness (QED) is 0.746. The molecule has 0 spiro atoms. The SMILES string of the molecule is C=CCN(Cc1cnc(-c2ccco2)nc1)C(C)C. The Labute approximate surface area is 113 Å². The zero-order chi connectivity index (χ0) is 13.7. The van der Waals surface area contributed by atoms with E-state index in [0.29, 0.717) is 17.6 Å². The highest BCUT2D eigenvalue weighted by molar-refractivity contribution is 5.45. The van der Waals surface area contributed by atoms with Crippen molar-refractivity contribution in [2.75, 3.05) is 6.54 Å². The number of hydrogen-bond acceptors (Lipinski definition) is 4. The van der Waals surface area contributed by atoms with Gasteiger partial charge in [-0.25, -0.2) is 9.97 Å². The number of hydrogen-bond donors (Lipinski definition) is 0. The van der Waals surface area contributed by atoms with Gasteiger partial charge in [0.2, 0.25) is 0 Å². The second kappa shape index (κ2) is 6.29. The summed E-state index contributed by atoms with van der Waals surface area (Å²) >= 11 is 0. The van der Waals surface area contributed by atoms with Crippen molar-refractivity contribution >= 4 is 0 Å². The van der Waals surface area contributed by atoms with Crippen LogP contribution in [0.2, 0.25) is 0 Å². The van der Waals surface area contributed by atoms with Gasteiger partial charge in [0.1, 0.15) is 0 Å². The molecule has 2 heterocycles. The highest BCUT2D eigenvalue weighted by Gasteiger charge is 2.10. The summed E-state index contributed by atoms with van der Waals surface area (Å²) in [6.45, 7) is 9.80. The largest absolute Gasteiger partial charge is 0.461 e. The van der Waals surface area contributed by atoms with E-state index in [9.17, 15) is 0 Å². The average molecular weight is 257 g/mol. The Morgan fingerprint density at radius 3 is 2.63 bits per heavy atom. The molecule has 0 aliphatic rings. The topological polar surface area (TPSA) is 42.2 Å². The molecule has 0 radical (unpaired) electrons. The first kappa shape index (κ1) is 13.5. The van der Waals surface area contributed by atoms with Gasteiger partial charge in [-0.05, 0) is 26.0 Å². The molecular weight excluding hydrogens is 238 g/mol. The first-order valence-electron chi connectivity index (χ1n) is 6.40. The lowest BCUT2D eigenvalue weighted by Gasteiger charge is -2.24. The summed E-state index contributed by atoms with van der Waals surface area (Å²) in [7, 11) is 0. The van der Waals surface area contributed by atoms with Crippen LogP contribution in [0, 0.1) is 0 Å². The molecule has 2 rings (SSSR count). The first-order valence-corrected chi connectivity index (χ1v) is 6.40. The minimum Gasteiger partial charge on any atom is -0.461 e. The number of rotatable bonds is 6. The molecule has 0 fully saturated rings. The molecule has 19 heavy (non-hydrogen) atoms. The number of nitrogens with zero attached hydrogens (tertiary/aromatic N) is 3. The van der Waals surface area contributed by atoms with E-state index in [1.165, 1.54) is 0 Å². The summed E-state index contributed by atoms with van der Waals surface area (Å²) in [5.74, 6) is 1.31. The standard InChI is InChI=1S/C15H19N3O/c1-4-7-18(12(2)3)11-13-9-16-15(17-10-13)14-6-5-8-19-14/h4-6,8-10,12H,1,7,11H2,2-3H3. The second-order valence-electron chi connectivity index (χ2n) is 4.70. The lowest BCUT2D eigenvalue weighted by molar-refractivity contribution is 0.237. The minimum absolute atomic E-state index is 0.461. The third-order valence-electron chi connectivity index (χ3n) is 2.93. The summed E-state index contributed by atoms with van der Waals surface area (Å²) in [4.78, 5) is 11.0. The lowest BCUT2D eigenvalue weighted by Crippen LogP contribution is -2.30. The van der Waals surface area contributed by atoms with Gasteiger partial charge < -0.3 is 4.42 Å². The van der Waals surface area contributed by atoms with Crippen molar-refractivity contribution in [2.45, 2.75) is 26.4 Å². The minimum atomic E-state index is 0.461. The van der Waals surface area contributed by atoms with E-state index in [1.54, 1.807) is 6.26 Å². The van der Waals surface area contributed by atoms with Crippen LogP contribution in [-0.4, -0.2) is 27.5 Å². The van der Waals surface area contributed by atoms with Gasteiger partial charge in [0.25, 0.3) is 0 Å². The fraction of sp³-hybridized carbons (Fsp3) is 0.333. The zero-order valence-corrected chi connectivity index (χ0v) is 11.4. The van der Waals surface area contributed by atoms with Crippen molar-refractivity contribution in [1.82, 2.24) is 14.9 Å². The van der Waals surface area contributed by atoms with Gasteiger partial charge in [-0.2, -0.15) is 0 Å². The van der Waals surface area contributed by atoms with Crippen LogP contribution in [0.4, 0.5) is 0 Å². The van der Waals surface area contributed by atoms with E-state index in [-0.39, 0.29) is 0 Å². The molecule has 0 saturated heterocycles. The number of aromatic nitrogens is 2. The third-order valence-corrected chi connectivity index (χ3v) is 2.93. The van der Waals surface area contributed by atoms with E-state index in [0.717, 1.165) is 18.7 Å². The highest BCUT2D eigenvalue weighted by Crippen LogP contribution is 2.15. The van der Waals surface area contributed by atoms with Gasteiger partial charge in [-0.3, -0.25) is 4.90 Å². The van der Waals surface area contributed by atoms with Crippen LogP contribution in [0.1, 0.15) is 19.4 Å². The predicted octanol–water partition coefficient (Wildman–Crippen LogP) is 3.13. The van der Waals surface area contributed by atoms with Crippen LogP contribution >= 0.6 is 0 Å².